The zero-order valence-corrected chi connectivity index (χ0v) is 19.0. The topological polar surface area (TPSA) is 55.9 Å². The zero-order valence-electron chi connectivity index (χ0n) is 18.2. The highest BCUT2D eigenvalue weighted by atomic mass is 32.2. The molecule has 0 atom stereocenters. The van der Waals surface area contributed by atoms with Crippen LogP contribution in [-0.4, -0.2) is 62.0 Å². The lowest BCUT2D eigenvalue weighted by atomic mass is 9.96. The van der Waals surface area contributed by atoms with Crippen molar-refractivity contribution < 1.29 is 9.59 Å². The van der Waals surface area contributed by atoms with Crippen molar-refractivity contribution in [3.63, 3.8) is 0 Å². The largest absolute Gasteiger partial charge is 0.356 e. The molecule has 1 fully saturated rings. The summed E-state index contributed by atoms with van der Waals surface area (Å²) in [5.74, 6) is 0.117. The van der Waals surface area contributed by atoms with E-state index in [0.717, 1.165) is 25.8 Å². The fraction of sp³-hybridized carbons (Fsp3) is 0.417. The lowest BCUT2D eigenvalue weighted by molar-refractivity contribution is -0.126. The van der Waals surface area contributed by atoms with E-state index >= 15 is 0 Å². The minimum absolute atomic E-state index is 0.000879. The van der Waals surface area contributed by atoms with Crippen LogP contribution < -0.4 is 10.2 Å². The van der Waals surface area contributed by atoms with Crippen LogP contribution in [0, 0.1) is 5.92 Å². The molecule has 2 aromatic carbocycles. The van der Waals surface area contributed by atoms with Gasteiger partial charge in [-0.25, -0.2) is 4.79 Å². The number of urea groups is 1. The van der Waals surface area contributed by atoms with Crippen molar-refractivity contribution >= 4 is 35.1 Å². The predicted octanol–water partition coefficient (Wildman–Crippen LogP) is 4.19. The van der Waals surface area contributed by atoms with Crippen molar-refractivity contribution in [2.24, 2.45) is 5.92 Å². The van der Waals surface area contributed by atoms with Gasteiger partial charge in [0.25, 0.3) is 0 Å². The number of rotatable bonds is 5. The van der Waals surface area contributed by atoms with Crippen LogP contribution in [0.5, 0.6) is 0 Å². The van der Waals surface area contributed by atoms with Crippen molar-refractivity contribution in [2.75, 3.05) is 45.2 Å². The van der Waals surface area contributed by atoms with Crippen LogP contribution in [0.4, 0.5) is 16.2 Å². The molecule has 3 amide bonds. The van der Waals surface area contributed by atoms with Gasteiger partial charge < -0.3 is 20.0 Å². The van der Waals surface area contributed by atoms with E-state index in [1.54, 1.807) is 19.0 Å². The van der Waals surface area contributed by atoms with Gasteiger partial charge in [0.15, 0.2) is 0 Å². The first-order valence-electron chi connectivity index (χ1n) is 10.9. The van der Waals surface area contributed by atoms with Crippen LogP contribution in [0.2, 0.25) is 0 Å². The van der Waals surface area contributed by atoms with Crippen molar-refractivity contribution in [2.45, 2.75) is 29.1 Å². The average Bonchev–Trinajstić information content (AvgIpc) is 2.80. The summed E-state index contributed by atoms with van der Waals surface area (Å²) < 4.78 is 0. The second kappa shape index (κ2) is 9.64. The third-order valence-electron chi connectivity index (χ3n) is 5.91. The lowest BCUT2D eigenvalue weighted by Crippen LogP contribution is -2.46. The summed E-state index contributed by atoms with van der Waals surface area (Å²) in [5.41, 5.74) is 2.46. The Balaban J connectivity index is 1.28. The van der Waals surface area contributed by atoms with Gasteiger partial charge in [-0.05, 0) is 43.5 Å². The van der Waals surface area contributed by atoms with E-state index in [9.17, 15) is 9.59 Å². The second-order valence-electron chi connectivity index (χ2n) is 8.27. The van der Waals surface area contributed by atoms with E-state index in [1.807, 2.05) is 16.7 Å². The number of piperidine rings is 1. The van der Waals surface area contributed by atoms with E-state index in [0.29, 0.717) is 19.6 Å². The molecule has 2 aliphatic rings. The predicted molar refractivity (Wildman–Crippen MR) is 125 cm³/mol. The van der Waals surface area contributed by atoms with Crippen molar-refractivity contribution in [1.29, 1.82) is 0 Å². The van der Waals surface area contributed by atoms with Crippen LogP contribution >= 0.6 is 11.8 Å². The normalized spacial score (nSPS) is 15.8. The standard InChI is InChI=1S/C24H30N4O2S/c1-26(2)24(30)27-16-12-18(13-17-27)23(29)25-14-7-15-28-19-8-3-5-10-21(19)31-22-11-6-4-9-20(22)28/h3-6,8-11,18H,7,12-17H2,1-2H3,(H,25,29). The molecular formula is C24H30N4O2S. The van der Waals surface area contributed by atoms with Crippen LogP contribution in [0.3, 0.4) is 0 Å². The molecule has 7 heteroatoms. The summed E-state index contributed by atoms with van der Waals surface area (Å²) >= 11 is 1.81. The monoisotopic (exact) mass is 438 g/mol. The summed E-state index contributed by atoms with van der Waals surface area (Å²) in [6.07, 6.45) is 2.34. The maximum Gasteiger partial charge on any atom is 0.319 e. The highest BCUT2D eigenvalue weighted by molar-refractivity contribution is 7.99. The molecule has 0 spiro atoms. The summed E-state index contributed by atoms with van der Waals surface area (Å²) in [5, 5.41) is 3.12. The Morgan fingerprint density at radius 2 is 1.58 bits per heavy atom. The minimum Gasteiger partial charge on any atom is -0.356 e. The Bertz CT molecular complexity index is 895. The molecule has 2 heterocycles. The molecule has 0 bridgehead atoms. The number of carbonyl (C=O) groups excluding carboxylic acids is 2. The molecule has 164 valence electrons. The summed E-state index contributed by atoms with van der Waals surface area (Å²) in [4.78, 5) is 33.0. The van der Waals surface area contributed by atoms with Crippen molar-refractivity contribution in [1.82, 2.24) is 15.1 Å². The Kier molecular flexibility index (Phi) is 6.70. The first-order valence-corrected chi connectivity index (χ1v) is 11.7. The zero-order chi connectivity index (χ0) is 21.8. The van der Waals surface area contributed by atoms with Crippen molar-refractivity contribution in [3.8, 4) is 0 Å². The minimum atomic E-state index is -0.000879. The van der Waals surface area contributed by atoms with Gasteiger partial charge in [-0.2, -0.15) is 0 Å². The maximum atomic E-state index is 12.6. The van der Waals surface area contributed by atoms with Gasteiger partial charge >= 0.3 is 6.03 Å². The maximum absolute atomic E-state index is 12.6. The molecule has 4 rings (SSSR count). The van der Waals surface area contributed by atoms with E-state index in [4.69, 9.17) is 0 Å². The smallest absolute Gasteiger partial charge is 0.319 e. The molecule has 6 nitrogen and oxygen atoms in total. The number of carbonyl (C=O) groups is 2. The Morgan fingerprint density at radius 3 is 2.16 bits per heavy atom. The van der Waals surface area contributed by atoms with Crippen LogP contribution in [-0.2, 0) is 4.79 Å². The quantitative estimate of drug-likeness (QED) is 0.712. The molecule has 1 saturated heterocycles. The Morgan fingerprint density at radius 1 is 1.00 bits per heavy atom. The molecular weight excluding hydrogens is 408 g/mol. The van der Waals surface area contributed by atoms with E-state index < -0.39 is 0 Å². The number of likely N-dealkylation sites (tertiary alicyclic amines) is 1. The van der Waals surface area contributed by atoms with Gasteiger partial charge in [-0.3, -0.25) is 4.79 Å². The fourth-order valence-corrected chi connectivity index (χ4v) is 5.33. The number of amides is 3. The third-order valence-corrected chi connectivity index (χ3v) is 7.04. The number of nitrogens with zero attached hydrogens (tertiary/aromatic N) is 3. The molecule has 0 unspecified atom stereocenters. The first kappa shape index (κ1) is 21.6. The van der Waals surface area contributed by atoms with Gasteiger partial charge in [0.05, 0.1) is 11.4 Å². The molecule has 0 radical (unpaired) electrons. The van der Waals surface area contributed by atoms with E-state index in [1.165, 1.54) is 21.2 Å². The van der Waals surface area contributed by atoms with Gasteiger partial charge in [-0.1, -0.05) is 36.0 Å². The Labute approximate surface area is 188 Å². The van der Waals surface area contributed by atoms with E-state index in [2.05, 4.69) is 58.7 Å². The van der Waals surface area contributed by atoms with Gasteiger partial charge in [0.1, 0.15) is 0 Å². The fourth-order valence-electron chi connectivity index (χ4n) is 4.23. The van der Waals surface area contributed by atoms with Crippen LogP contribution in [0.15, 0.2) is 58.3 Å². The van der Waals surface area contributed by atoms with Gasteiger partial charge in [0, 0.05) is 56.0 Å². The second-order valence-corrected chi connectivity index (χ2v) is 9.36. The van der Waals surface area contributed by atoms with Crippen molar-refractivity contribution in [3.05, 3.63) is 48.5 Å². The molecule has 0 aliphatic carbocycles. The Hall–Kier alpha value is -2.67. The van der Waals surface area contributed by atoms with Gasteiger partial charge in [0.2, 0.25) is 5.91 Å². The number of fused-ring (bicyclic) bond motifs is 2. The third kappa shape index (κ3) is 4.82. The highest BCUT2D eigenvalue weighted by Gasteiger charge is 2.28. The number of para-hydroxylation sites is 2. The average molecular weight is 439 g/mol. The summed E-state index contributed by atoms with van der Waals surface area (Å²) in [6.45, 7) is 2.80. The van der Waals surface area contributed by atoms with Gasteiger partial charge in [-0.15, -0.1) is 0 Å². The number of nitrogens with one attached hydrogen (secondary N) is 1. The molecule has 2 aromatic rings. The highest BCUT2D eigenvalue weighted by Crippen LogP contribution is 2.47. The molecule has 31 heavy (non-hydrogen) atoms. The molecule has 0 aromatic heterocycles. The van der Waals surface area contributed by atoms with Crippen LogP contribution in [0.25, 0.3) is 0 Å². The number of anilines is 2. The SMILES string of the molecule is CN(C)C(=O)N1CCC(C(=O)NCCCN2c3ccccc3Sc3ccccc32)CC1. The summed E-state index contributed by atoms with van der Waals surface area (Å²) in [6, 6.07) is 17.0. The number of benzene rings is 2. The van der Waals surface area contributed by atoms with Crippen LogP contribution in [0.1, 0.15) is 19.3 Å². The lowest BCUT2D eigenvalue weighted by Gasteiger charge is -2.33. The number of hydrogen-bond acceptors (Lipinski definition) is 4. The molecule has 0 saturated carbocycles. The van der Waals surface area contributed by atoms with E-state index in [-0.39, 0.29) is 17.9 Å². The number of hydrogen-bond donors (Lipinski definition) is 1. The molecule has 1 N–H and O–H groups in total. The first-order chi connectivity index (χ1) is 15.0. The summed E-state index contributed by atoms with van der Waals surface area (Å²) in [7, 11) is 3.53. The molecule has 2 aliphatic heterocycles.